The Hall–Kier alpha value is -0.680. The van der Waals surface area contributed by atoms with Crippen molar-refractivity contribution >= 4 is 11.8 Å². The van der Waals surface area contributed by atoms with E-state index in [4.69, 9.17) is 0 Å². The highest BCUT2D eigenvalue weighted by Crippen LogP contribution is 2.31. The summed E-state index contributed by atoms with van der Waals surface area (Å²) in [6.45, 7) is 0. The van der Waals surface area contributed by atoms with Crippen molar-refractivity contribution in [2.24, 2.45) is 0 Å². The molecule has 0 aromatic carbocycles. The van der Waals surface area contributed by atoms with Gasteiger partial charge in [0.15, 0.2) is 0 Å². The molecule has 1 saturated carbocycles. The van der Waals surface area contributed by atoms with Crippen LogP contribution in [0.1, 0.15) is 36.6 Å². The molecule has 1 aliphatic heterocycles. The van der Waals surface area contributed by atoms with E-state index in [2.05, 4.69) is 5.10 Å². The number of aliphatic hydroxyl groups excluding tert-OH is 1. The lowest BCUT2D eigenvalue weighted by molar-refractivity contribution is 0.128. The molecule has 1 aromatic rings. The lowest BCUT2D eigenvalue weighted by Gasteiger charge is -2.15. The molecule has 0 saturated heterocycles. The van der Waals surface area contributed by atoms with Crippen LogP contribution < -0.4 is 5.56 Å². The predicted molar refractivity (Wildman–Crippen MR) is 58.9 cm³/mol. The van der Waals surface area contributed by atoms with Gasteiger partial charge in [-0.05, 0) is 19.3 Å². The van der Waals surface area contributed by atoms with Crippen molar-refractivity contribution < 1.29 is 5.11 Å². The van der Waals surface area contributed by atoms with Crippen molar-refractivity contribution in [3.63, 3.8) is 0 Å². The summed E-state index contributed by atoms with van der Waals surface area (Å²) in [6.07, 6.45) is 2.38. The number of fused-ring (bicyclic) bond motifs is 1. The summed E-state index contributed by atoms with van der Waals surface area (Å²) in [7, 11) is 0. The van der Waals surface area contributed by atoms with Crippen LogP contribution >= 0.6 is 11.8 Å². The molecular weight excluding hydrogens is 212 g/mol. The van der Waals surface area contributed by atoms with Crippen LogP contribution in [0.15, 0.2) is 4.79 Å². The number of thioether (sulfide) groups is 1. The monoisotopic (exact) mass is 226 g/mol. The summed E-state index contributed by atoms with van der Waals surface area (Å²) in [5, 5.41) is 12.9. The Morgan fingerprint density at radius 2 is 2.27 bits per heavy atom. The molecule has 82 valence electrons. The zero-order valence-electron chi connectivity index (χ0n) is 8.40. The van der Waals surface area contributed by atoms with Gasteiger partial charge in [0.1, 0.15) is 0 Å². The molecule has 4 nitrogen and oxygen atoms in total. The molecule has 15 heavy (non-hydrogen) atoms. The van der Waals surface area contributed by atoms with Gasteiger partial charge in [-0.3, -0.25) is 9.89 Å². The maximum absolute atomic E-state index is 12.0. The second kappa shape index (κ2) is 3.42. The standard InChI is InChI=1S/C10H14N2O2S/c13-9-3-1-2-8(9)12-10(14)6-4-15-5-7(6)11-12/h8-9,11,13H,1-5H2. The molecule has 3 rings (SSSR count). The number of hydrogen-bond acceptors (Lipinski definition) is 3. The van der Waals surface area contributed by atoms with Crippen LogP contribution in [0.3, 0.4) is 0 Å². The van der Waals surface area contributed by atoms with Gasteiger partial charge >= 0.3 is 0 Å². The maximum Gasteiger partial charge on any atom is 0.271 e. The summed E-state index contributed by atoms with van der Waals surface area (Å²) in [4.78, 5) is 12.0. The minimum atomic E-state index is -0.353. The van der Waals surface area contributed by atoms with Crippen molar-refractivity contribution in [2.45, 2.75) is 42.9 Å². The lowest BCUT2D eigenvalue weighted by Crippen LogP contribution is -2.28. The van der Waals surface area contributed by atoms with Crippen LogP contribution in [0.4, 0.5) is 0 Å². The molecule has 2 aliphatic rings. The van der Waals surface area contributed by atoms with E-state index in [0.29, 0.717) is 0 Å². The van der Waals surface area contributed by atoms with Gasteiger partial charge < -0.3 is 5.11 Å². The Balaban J connectivity index is 2.02. The summed E-state index contributed by atoms with van der Waals surface area (Å²) in [6, 6.07) is -0.0203. The molecule has 0 radical (unpaired) electrons. The largest absolute Gasteiger partial charge is 0.391 e. The first kappa shape index (κ1) is 9.54. The Kier molecular flexibility index (Phi) is 2.17. The first-order valence-electron chi connectivity index (χ1n) is 5.35. The second-order valence-corrected chi connectivity index (χ2v) is 5.29. The number of aromatic amines is 1. The van der Waals surface area contributed by atoms with E-state index in [1.807, 2.05) is 0 Å². The summed E-state index contributed by atoms with van der Waals surface area (Å²) in [5.74, 6) is 1.72. The number of aliphatic hydroxyl groups is 1. The topological polar surface area (TPSA) is 58.0 Å². The molecule has 0 amide bonds. The van der Waals surface area contributed by atoms with Gasteiger partial charge in [-0.2, -0.15) is 11.8 Å². The number of hydrogen-bond donors (Lipinski definition) is 2. The van der Waals surface area contributed by atoms with Crippen molar-refractivity contribution in [1.82, 2.24) is 9.78 Å². The molecule has 2 N–H and O–H groups in total. The van der Waals surface area contributed by atoms with Crippen molar-refractivity contribution in [3.05, 3.63) is 21.6 Å². The third-order valence-electron chi connectivity index (χ3n) is 3.37. The Morgan fingerprint density at radius 3 is 2.93 bits per heavy atom. The number of nitrogens with one attached hydrogen (secondary N) is 1. The second-order valence-electron chi connectivity index (χ2n) is 4.30. The predicted octanol–water partition coefficient (Wildman–Crippen LogP) is 1.01. The van der Waals surface area contributed by atoms with E-state index in [9.17, 15) is 9.90 Å². The Bertz CT molecular complexity index is 437. The molecule has 1 aromatic heterocycles. The van der Waals surface area contributed by atoms with Gasteiger partial charge in [0.2, 0.25) is 0 Å². The minimum absolute atomic E-state index is 0.0203. The zero-order valence-corrected chi connectivity index (χ0v) is 9.22. The van der Waals surface area contributed by atoms with Crippen LogP contribution in [0.25, 0.3) is 0 Å². The van der Waals surface area contributed by atoms with Gasteiger partial charge in [0, 0.05) is 11.5 Å². The van der Waals surface area contributed by atoms with E-state index in [-0.39, 0.29) is 17.7 Å². The SMILES string of the molecule is O=c1c2c([nH]n1C1CCCC1O)CSC2. The third-order valence-corrected chi connectivity index (χ3v) is 4.35. The zero-order chi connectivity index (χ0) is 10.4. The molecule has 1 aliphatic carbocycles. The average Bonchev–Trinajstić information content (AvgIpc) is 2.85. The minimum Gasteiger partial charge on any atom is -0.391 e. The smallest absolute Gasteiger partial charge is 0.271 e. The number of aromatic nitrogens is 2. The van der Waals surface area contributed by atoms with E-state index in [0.717, 1.165) is 42.0 Å². The number of rotatable bonds is 1. The van der Waals surface area contributed by atoms with Crippen molar-refractivity contribution in [1.29, 1.82) is 0 Å². The molecule has 0 bridgehead atoms. The van der Waals surface area contributed by atoms with E-state index < -0.39 is 0 Å². The normalized spacial score (nSPS) is 29.7. The van der Waals surface area contributed by atoms with Gasteiger partial charge in [-0.15, -0.1) is 0 Å². The Morgan fingerprint density at radius 1 is 1.40 bits per heavy atom. The lowest BCUT2D eigenvalue weighted by atomic mass is 10.2. The molecule has 2 unspecified atom stereocenters. The van der Waals surface area contributed by atoms with Crippen LogP contribution in [0, 0.1) is 0 Å². The highest BCUT2D eigenvalue weighted by molar-refractivity contribution is 7.98. The molecule has 1 fully saturated rings. The van der Waals surface area contributed by atoms with Crippen LogP contribution in [-0.2, 0) is 11.5 Å². The first-order chi connectivity index (χ1) is 7.27. The van der Waals surface area contributed by atoms with E-state index in [1.54, 1.807) is 16.4 Å². The van der Waals surface area contributed by atoms with Crippen molar-refractivity contribution in [3.8, 4) is 0 Å². The molecule has 5 heteroatoms. The van der Waals surface area contributed by atoms with Gasteiger partial charge in [0.25, 0.3) is 5.56 Å². The third kappa shape index (κ3) is 1.37. The number of nitrogens with zero attached hydrogens (tertiary/aromatic N) is 1. The molecule has 2 atom stereocenters. The van der Waals surface area contributed by atoms with Gasteiger partial charge in [0.05, 0.1) is 23.4 Å². The fraction of sp³-hybridized carbons (Fsp3) is 0.700. The fourth-order valence-electron chi connectivity index (χ4n) is 2.52. The van der Waals surface area contributed by atoms with Crippen LogP contribution in [0.2, 0.25) is 0 Å². The van der Waals surface area contributed by atoms with Crippen LogP contribution in [0.5, 0.6) is 0 Å². The Labute approximate surface area is 91.7 Å². The van der Waals surface area contributed by atoms with Crippen LogP contribution in [-0.4, -0.2) is 21.0 Å². The van der Waals surface area contributed by atoms with E-state index in [1.165, 1.54) is 0 Å². The first-order valence-corrected chi connectivity index (χ1v) is 6.51. The fourth-order valence-corrected chi connectivity index (χ4v) is 3.56. The quantitative estimate of drug-likeness (QED) is 0.751. The number of H-pyrrole nitrogens is 1. The highest BCUT2D eigenvalue weighted by Gasteiger charge is 2.31. The summed E-state index contributed by atoms with van der Waals surface area (Å²) in [5.41, 5.74) is 2.06. The highest BCUT2D eigenvalue weighted by atomic mass is 32.2. The van der Waals surface area contributed by atoms with Crippen molar-refractivity contribution in [2.75, 3.05) is 0 Å². The van der Waals surface area contributed by atoms with Gasteiger partial charge in [-0.1, -0.05) is 0 Å². The molecular formula is C10H14N2O2S. The molecule has 0 spiro atoms. The average molecular weight is 226 g/mol. The summed E-state index contributed by atoms with van der Waals surface area (Å²) < 4.78 is 1.65. The summed E-state index contributed by atoms with van der Waals surface area (Å²) >= 11 is 1.77. The van der Waals surface area contributed by atoms with E-state index >= 15 is 0 Å². The van der Waals surface area contributed by atoms with Gasteiger partial charge in [-0.25, -0.2) is 4.68 Å². The maximum atomic E-state index is 12.0. The molecule has 2 heterocycles.